The number of carbonyl (C=O) groups is 1. The molecular weight excluding hydrogens is 210 g/mol. The Labute approximate surface area is 92.9 Å². The first kappa shape index (κ1) is 10.6. The number of amides is 1. The lowest BCUT2D eigenvalue weighted by atomic mass is 10.1. The van der Waals surface area contributed by atoms with Crippen molar-refractivity contribution < 1.29 is 4.79 Å². The summed E-state index contributed by atoms with van der Waals surface area (Å²) in [6.07, 6.45) is 4.46. The number of aromatic nitrogens is 1. The molecule has 0 radical (unpaired) electrons. The largest absolute Gasteiger partial charge is 0.349 e. The van der Waals surface area contributed by atoms with Gasteiger partial charge >= 0.3 is 0 Å². The highest BCUT2D eigenvalue weighted by atomic mass is 32.1. The monoisotopic (exact) mass is 225 g/mol. The molecular formula is C10H15N3OS. The normalized spacial score (nSPS) is 25.4. The first-order valence-electron chi connectivity index (χ1n) is 5.17. The molecule has 1 saturated carbocycles. The number of hydrogen-bond donors (Lipinski definition) is 2. The van der Waals surface area contributed by atoms with Gasteiger partial charge in [0.1, 0.15) is 5.01 Å². The van der Waals surface area contributed by atoms with Gasteiger partial charge in [0.15, 0.2) is 0 Å². The van der Waals surface area contributed by atoms with Crippen molar-refractivity contribution in [1.82, 2.24) is 10.3 Å². The van der Waals surface area contributed by atoms with Crippen molar-refractivity contribution in [3.05, 3.63) is 16.6 Å². The van der Waals surface area contributed by atoms with Crippen LogP contribution in [-0.4, -0.2) is 16.9 Å². The molecule has 2 atom stereocenters. The standard InChI is InChI=1S/C10H15N3OS/c11-8-2-1-7(5-8)10(14)13-6-9-12-3-4-15-9/h3-4,7-8H,1-2,5-6,11H2,(H,13,14). The van der Waals surface area contributed by atoms with Crippen molar-refractivity contribution in [2.24, 2.45) is 11.7 Å². The van der Waals surface area contributed by atoms with E-state index >= 15 is 0 Å². The molecule has 5 heteroatoms. The van der Waals surface area contributed by atoms with E-state index in [2.05, 4.69) is 10.3 Å². The quantitative estimate of drug-likeness (QED) is 0.802. The fourth-order valence-electron chi connectivity index (χ4n) is 1.90. The van der Waals surface area contributed by atoms with Crippen LogP contribution in [0, 0.1) is 5.92 Å². The molecule has 3 N–H and O–H groups in total. The first-order chi connectivity index (χ1) is 7.25. The molecule has 1 aliphatic rings. The summed E-state index contributed by atoms with van der Waals surface area (Å²) < 4.78 is 0. The highest BCUT2D eigenvalue weighted by molar-refractivity contribution is 7.09. The molecule has 1 heterocycles. The third-order valence-corrected chi connectivity index (χ3v) is 3.52. The second-order valence-corrected chi connectivity index (χ2v) is 4.89. The lowest BCUT2D eigenvalue weighted by Crippen LogP contribution is -2.29. The van der Waals surface area contributed by atoms with E-state index in [1.54, 1.807) is 17.5 Å². The predicted molar refractivity (Wildman–Crippen MR) is 59.3 cm³/mol. The van der Waals surface area contributed by atoms with E-state index in [4.69, 9.17) is 5.73 Å². The number of nitrogens with one attached hydrogen (secondary N) is 1. The fourth-order valence-corrected chi connectivity index (χ4v) is 2.46. The third-order valence-electron chi connectivity index (χ3n) is 2.74. The van der Waals surface area contributed by atoms with Gasteiger partial charge in [0.25, 0.3) is 0 Å². The van der Waals surface area contributed by atoms with Crippen LogP contribution in [0.25, 0.3) is 0 Å². The molecule has 0 spiro atoms. The van der Waals surface area contributed by atoms with E-state index in [0.29, 0.717) is 6.54 Å². The van der Waals surface area contributed by atoms with Crippen LogP contribution in [0.3, 0.4) is 0 Å². The SMILES string of the molecule is NC1CCC(C(=O)NCc2nccs2)C1. The second-order valence-electron chi connectivity index (χ2n) is 3.91. The fraction of sp³-hybridized carbons (Fsp3) is 0.600. The third kappa shape index (κ3) is 2.76. The minimum absolute atomic E-state index is 0.111. The van der Waals surface area contributed by atoms with Crippen LogP contribution in [0.15, 0.2) is 11.6 Å². The molecule has 1 aromatic rings. The number of hydrogen-bond acceptors (Lipinski definition) is 4. The van der Waals surface area contributed by atoms with Gasteiger partial charge in [-0.05, 0) is 19.3 Å². The Hall–Kier alpha value is -0.940. The topological polar surface area (TPSA) is 68.0 Å². The number of carbonyl (C=O) groups excluding carboxylic acids is 1. The van der Waals surface area contributed by atoms with Gasteiger partial charge in [0, 0.05) is 23.5 Å². The average molecular weight is 225 g/mol. The lowest BCUT2D eigenvalue weighted by Gasteiger charge is -2.09. The maximum absolute atomic E-state index is 11.7. The van der Waals surface area contributed by atoms with Gasteiger partial charge < -0.3 is 11.1 Å². The average Bonchev–Trinajstić information content (AvgIpc) is 2.84. The first-order valence-corrected chi connectivity index (χ1v) is 6.05. The van der Waals surface area contributed by atoms with Gasteiger partial charge in [-0.3, -0.25) is 4.79 Å². The molecule has 0 aliphatic heterocycles. The Morgan fingerprint density at radius 3 is 3.13 bits per heavy atom. The Balaban J connectivity index is 1.78. The van der Waals surface area contributed by atoms with E-state index in [1.165, 1.54) is 0 Å². The maximum atomic E-state index is 11.7. The van der Waals surface area contributed by atoms with Crippen molar-refractivity contribution in [2.45, 2.75) is 31.8 Å². The van der Waals surface area contributed by atoms with E-state index < -0.39 is 0 Å². The van der Waals surface area contributed by atoms with Crippen molar-refractivity contribution in [3.8, 4) is 0 Å². The molecule has 1 aliphatic carbocycles. The molecule has 1 aromatic heterocycles. The molecule has 2 rings (SSSR count). The zero-order chi connectivity index (χ0) is 10.7. The zero-order valence-electron chi connectivity index (χ0n) is 8.48. The van der Waals surface area contributed by atoms with Gasteiger partial charge in [0.2, 0.25) is 5.91 Å². The van der Waals surface area contributed by atoms with E-state index in [9.17, 15) is 4.79 Å². The van der Waals surface area contributed by atoms with Crippen LogP contribution in [0.4, 0.5) is 0 Å². The number of thiazole rings is 1. The van der Waals surface area contributed by atoms with Crippen molar-refractivity contribution in [2.75, 3.05) is 0 Å². The van der Waals surface area contributed by atoms with Crippen LogP contribution in [0.2, 0.25) is 0 Å². The summed E-state index contributed by atoms with van der Waals surface area (Å²) in [4.78, 5) is 15.8. The van der Waals surface area contributed by atoms with Crippen LogP contribution in [-0.2, 0) is 11.3 Å². The van der Waals surface area contributed by atoms with Crippen LogP contribution in [0.5, 0.6) is 0 Å². The smallest absolute Gasteiger partial charge is 0.223 e. The minimum atomic E-state index is 0.111. The molecule has 4 nitrogen and oxygen atoms in total. The van der Waals surface area contributed by atoms with Gasteiger partial charge in [-0.25, -0.2) is 4.98 Å². The van der Waals surface area contributed by atoms with Crippen molar-refractivity contribution in [3.63, 3.8) is 0 Å². The summed E-state index contributed by atoms with van der Waals surface area (Å²) in [6, 6.07) is 0.209. The van der Waals surface area contributed by atoms with Crippen molar-refractivity contribution >= 4 is 17.2 Å². The molecule has 0 aromatic carbocycles. The molecule has 82 valence electrons. The Bertz CT molecular complexity index is 325. The van der Waals surface area contributed by atoms with Gasteiger partial charge in [-0.1, -0.05) is 0 Å². The van der Waals surface area contributed by atoms with Crippen LogP contribution >= 0.6 is 11.3 Å². The minimum Gasteiger partial charge on any atom is -0.349 e. The molecule has 15 heavy (non-hydrogen) atoms. The Morgan fingerprint density at radius 2 is 2.53 bits per heavy atom. The van der Waals surface area contributed by atoms with Crippen LogP contribution < -0.4 is 11.1 Å². The van der Waals surface area contributed by atoms with Gasteiger partial charge in [-0.2, -0.15) is 0 Å². The zero-order valence-corrected chi connectivity index (χ0v) is 9.30. The summed E-state index contributed by atoms with van der Waals surface area (Å²) in [5, 5.41) is 5.76. The summed E-state index contributed by atoms with van der Waals surface area (Å²) in [6.45, 7) is 0.544. The predicted octanol–water partition coefficient (Wildman–Crippen LogP) is 0.887. The summed E-state index contributed by atoms with van der Waals surface area (Å²) in [7, 11) is 0. The number of rotatable bonds is 3. The second kappa shape index (κ2) is 4.72. The maximum Gasteiger partial charge on any atom is 0.223 e. The molecule has 1 fully saturated rings. The summed E-state index contributed by atoms with van der Waals surface area (Å²) in [5.74, 6) is 0.234. The van der Waals surface area contributed by atoms with Crippen molar-refractivity contribution in [1.29, 1.82) is 0 Å². The molecule has 2 unspecified atom stereocenters. The van der Waals surface area contributed by atoms with Gasteiger partial charge in [0.05, 0.1) is 6.54 Å². The Morgan fingerprint density at radius 1 is 1.67 bits per heavy atom. The summed E-state index contributed by atoms with van der Waals surface area (Å²) >= 11 is 1.56. The molecule has 1 amide bonds. The number of nitrogens with two attached hydrogens (primary N) is 1. The Kier molecular flexibility index (Phi) is 3.33. The highest BCUT2D eigenvalue weighted by Crippen LogP contribution is 2.24. The van der Waals surface area contributed by atoms with E-state index in [-0.39, 0.29) is 17.9 Å². The summed E-state index contributed by atoms with van der Waals surface area (Å²) in [5.41, 5.74) is 5.76. The van der Waals surface area contributed by atoms with E-state index in [1.807, 2.05) is 5.38 Å². The molecule has 0 saturated heterocycles. The molecule has 0 bridgehead atoms. The van der Waals surface area contributed by atoms with Crippen LogP contribution in [0.1, 0.15) is 24.3 Å². The highest BCUT2D eigenvalue weighted by Gasteiger charge is 2.27. The number of nitrogens with zero attached hydrogens (tertiary/aromatic N) is 1. The lowest BCUT2D eigenvalue weighted by molar-refractivity contribution is -0.125. The van der Waals surface area contributed by atoms with E-state index in [0.717, 1.165) is 24.3 Å². The van der Waals surface area contributed by atoms with Gasteiger partial charge in [-0.15, -0.1) is 11.3 Å².